The quantitative estimate of drug-likeness (QED) is 0.839. The molecule has 0 aromatic heterocycles. The summed E-state index contributed by atoms with van der Waals surface area (Å²) in [6.07, 6.45) is 4.55. The maximum Gasteiger partial charge on any atom is 0.321 e. The maximum atomic E-state index is 12.2. The maximum absolute atomic E-state index is 12.2. The Morgan fingerprint density at radius 3 is 2.67 bits per heavy atom. The molecule has 3 N–H and O–H groups in total. The van der Waals surface area contributed by atoms with Crippen molar-refractivity contribution in [3.63, 3.8) is 0 Å². The molecular weight excluding hydrogens is 286 g/mol. The van der Waals surface area contributed by atoms with Crippen LogP contribution in [0.1, 0.15) is 25.7 Å². The summed E-state index contributed by atoms with van der Waals surface area (Å²) < 4.78 is 5.42. The van der Waals surface area contributed by atoms with Crippen molar-refractivity contribution < 1.29 is 9.53 Å². The van der Waals surface area contributed by atoms with Gasteiger partial charge in [-0.15, -0.1) is 0 Å². The second-order valence-electron chi connectivity index (χ2n) is 5.11. The summed E-state index contributed by atoms with van der Waals surface area (Å²) in [6.45, 7) is 1.84. The third-order valence-electron chi connectivity index (χ3n) is 3.36. The number of rotatable bonds is 4. The fraction of sp³-hybridized carbons (Fsp3) is 0.467. The molecule has 0 radical (unpaired) electrons. The molecule has 2 amide bonds. The number of nitrogens with two attached hydrogens (primary N) is 1. The fourth-order valence-corrected chi connectivity index (χ4v) is 2.35. The molecule has 114 valence electrons. The van der Waals surface area contributed by atoms with Crippen molar-refractivity contribution >= 4 is 28.9 Å². The average molecular weight is 307 g/mol. The van der Waals surface area contributed by atoms with Crippen LogP contribution in [0, 0.1) is 0 Å². The van der Waals surface area contributed by atoms with Crippen LogP contribution in [0.3, 0.4) is 0 Å². The summed E-state index contributed by atoms with van der Waals surface area (Å²) in [5.74, 6) is 0.636. The highest BCUT2D eigenvalue weighted by Crippen LogP contribution is 2.18. The van der Waals surface area contributed by atoms with Crippen LogP contribution in [0.15, 0.2) is 24.3 Å². The van der Waals surface area contributed by atoms with Crippen molar-refractivity contribution in [2.45, 2.75) is 25.7 Å². The van der Waals surface area contributed by atoms with E-state index in [9.17, 15) is 4.79 Å². The Hall–Kier alpha value is -1.82. The molecule has 1 aromatic rings. The summed E-state index contributed by atoms with van der Waals surface area (Å²) in [5.41, 5.74) is 6.11. The van der Waals surface area contributed by atoms with Gasteiger partial charge in [0.2, 0.25) is 0 Å². The van der Waals surface area contributed by atoms with E-state index >= 15 is 0 Å². The number of nitrogens with one attached hydrogen (secondary N) is 1. The first-order valence-electron chi connectivity index (χ1n) is 7.22. The summed E-state index contributed by atoms with van der Waals surface area (Å²) in [5, 5.41) is 2.91. The van der Waals surface area contributed by atoms with Crippen molar-refractivity contribution in [3.8, 4) is 5.75 Å². The van der Waals surface area contributed by atoms with Gasteiger partial charge in [0.25, 0.3) is 0 Å². The number of ether oxygens (including phenoxy) is 1. The average Bonchev–Trinajstić information content (AvgIpc) is 2.74. The van der Waals surface area contributed by atoms with Crippen LogP contribution in [0.5, 0.6) is 5.75 Å². The molecule has 6 heteroatoms. The molecule has 1 fully saturated rings. The first-order chi connectivity index (χ1) is 10.1. The first kappa shape index (κ1) is 15.6. The van der Waals surface area contributed by atoms with Gasteiger partial charge >= 0.3 is 6.03 Å². The number of likely N-dealkylation sites (tertiary alicyclic amines) is 1. The van der Waals surface area contributed by atoms with E-state index in [0.717, 1.165) is 25.9 Å². The summed E-state index contributed by atoms with van der Waals surface area (Å²) >= 11 is 4.77. The van der Waals surface area contributed by atoms with E-state index in [2.05, 4.69) is 5.32 Å². The molecule has 0 bridgehead atoms. The second-order valence-corrected chi connectivity index (χ2v) is 5.64. The number of carbonyl (C=O) groups excluding carboxylic acids is 1. The van der Waals surface area contributed by atoms with Gasteiger partial charge in [-0.1, -0.05) is 31.1 Å². The van der Waals surface area contributed by atoms with Crippen molar-refractivity contribution in [2.24, 2.45) is 5.73 Å². The van der Waals surface area contributed by atoms with E-state index < -0.39 is 0 Å². The monoisotopic (exact) mass is 307 g/mol. The van der Waals surface area contributed by atoms with Crippen LogP contribution < -0.4 is 15.8 Å². The van der Waals surface area contributed by atoms with Crippen molar-refractivity contribution in [2.75, 3.05) is 25.0 Å². The topological polar surface area (TPSA) is 67.6 Å². The molecule has 0 spiro atoms. The van der Waals surface area contributed by atoms with Crippen molar-refractivity contribution in [3.05, 3.63) is 24.3 Å². The highest BCUT2D eigenvalue weighted by Gasteiger charge is 2.15. The van der Waals surface area contributed by atoms with Crippen LogP contribution >= 0.6 is 12.2 Å². The van der Waals surface area contributed by atoms with Gasteiger partial charge in [-0.05, 0) is 25.0 Å². The molecule has 1 saturated heterocycles. The zero-order chi connectivity index (χ0) is 15.1. The molecule has 1 heterocycles. The smallest absolute Gasteiger partial charge is 0.321 e. The van der Waals surface area contributed by atoms with Crippen LogP contribution in [-0.2, 0) is 0 Å². The Morgan fingerprint density at radius 2 is 2.00 bits per heavy atom. The number of thiocarbonyl (C=S) groups is 1. The van der Waals surface area contributed by atoms with Gasteiger partial charge in [-0.3, -0.25) is 0 Å². The van der Waals surface area contributed by atoms with Crippen LogP contribution in [0.25, 0.3) is 0 Å². The summed E-state index contributed by atoms with van der Waals surface area (Å²) in [6, 6.07) is 7.19. The minimum absolute atomic E-state index is 0.0524. The SMILES string of the molecule is NC(=S)COc1cccc(NC(=O)N2CCCCCC2)c1. The fourth-order valence-electron chi connectivity index (χ4n) is 2.29. The molecule has 21 heavy (non-hydrogen) atoms. The van der Waals surface area contributed by atoms with E-state index in [1.165, 1.54) is 12.8 Å². The predicted octanol–water partition coefficient (Wildman–Crippen LogP) is 2.76. The Labute approximate surface area is 130 Å². The molecule has 2 rings (SSSR count). The Morgan fingerprint density at radius 1 is 1.29 bits per heavy atom. The summed E-state index contributed by atoms with van der Waals surface area (Å²) in [4.78, 5) is 14.4. The predicted molar refractivity (Wildman–Crippen MR) is 87.8 cm³/mol. The van der Waals surface area contributed by atoms with Crippen LogP contribution in [0.4, 0.5) is 10.5 Å². The number of amides is 2. The van der Waals surface area contributed by atoms with E-state index in [1.807, 2.05) is 17.0 Å². The standard InChI is InChI=1S/C15H21N3O2S/c16-14(21)11-20-13-7-5-6-12(10-13)17-15(19)18-8-3-1-2-4-9-18/h5-7,10H,1-4,8-9,11H2,(H2,16,21)(H,17,19). The number of nitrogens with zero attached hydrogens (tertiary/aromatic N) is 1. The molecule has 0 saturated carbocycles. The van der Waals surface area contributed by atoms with Gasteiger partial charge in [0.1, 0.15) is 17.3 Å². The largest absolute Gasteiger partial charge is 0.486 e. The molecular formula is C15H21N3O2S. The molecule has 0 unspecified atom stereocenters. The lowest BCUT2D eigenvalue weighted by atomic mass is 10.2. The Balaban J connectivity index is 1.93. The van der Waals surface area contributed by atoms with E-state index in [0.29, 0.717) is 16.4 Å². The highest BCUT2D eigenvalue weighted by atomic mass is 32.1. The number of carbonyl (C=O) groups is 1. The Bertz CT molecular complexity index is 499. The second kappa shape index (κ2) is 7.83. The Kier molecular flexibility index (Phi) is 5.80. The number of benzene rings is 1. The number of hydrogen-bond acceptors (Lipinski definition) is 3. The molecule has 0 atom stereocenters. The summed E-state index contributed by atoms with van der Waals surface area (Å²) in [7, 11) is 0. The normalized spacial score (nSPS) is 15.1. The van der Waals surface area contributed by atoms with Crippen LogP contribution in [-0.4, -0.2) is 35.6 Å². The van der Waals surface area contributed by atoms with Crippen LogP contribution in [0.2, 0.25) is 0 Å². The molecule has 1 aromatic carbocycles. The van der Waals surface area contributed by atoms with Gasteiger partial charge in [0.15, 0.2) is 0 Å². The van der Waals surface area contributed by atoms with Gasteiger partial charge in [0, 0.05) is 24.8 Å². The lowest BCUT2D eigenvalue weighted by molar-refractivity contribution is 0.214. The van der Waals surface area contributed by atoms with E-state index in [4.69, 9.17) is 22.7 Å². The van der Waals surface area contributed by atoms with E-state index in [-0.39, 0.29) is 12.6 Å². The minimum Gasteiger partial charge on any atom is -0.486 e. The number of anilines is 1. The van der Waals surface area contributed by atoms with Gasteiger partial charge < -0.3 is 20.7 Å². The van der Waals surface area contributed by atoms with Gasteiger partial charge in [-0.25, -0.2) is 4.79 Å². The van der Waals surface area contributed by atoms with Crippen molar-refractivity contribution in [1.29, 1.82) is 0 Å². The minimum atomic E-state index is -0.0524. The molecule has 1 aliphatic heterocycles. The third kappa shape index (κ3) is 5.23. The van der Waals surface area contributed by atoms with Gasteiger partial charge in [-0.2, -0.15) is 0 Å². The highest BCUT2D eigenvalue weighted by molar-refractivity contribution is 7.80. The third-order valence-corrected chi connectivity index (χ3v) is 3.48. The zero-order valence-electron chi connectivity index (χ0n) is 12.0. The van der Waals surface area contributed by atoms with Crippen molar-refractivity contribution in [1.82, 2.24) is 4.90 Å². The number of urea groups is 1. The van der Waals surface area contributed by atoms with E-state index in [1.54, 1.807) is 12.1 Å². The van der Waals surface area contributed by atoms with Gasteiger partial charge in [0.05, 0.1) is 0 Å². The molecule has 5 nitrogen and oxygen atoms in total. The lowest BCUT2D eigenvalue weighted by Crippen LogP contribution is -2.35. The molecule has 1 aliphatic rings. The zero-order valence-corrected chi connectivity index (χ0v) is 12.8. The molecule has 0 aliphatic carbocycles. The number of hydrogen-bond donors (Lipinski definition) is 2. The lowest BCUT2D eigenvalue weighted by Gasteiger charge is -2.21. The first-order valence-corrected chi connectivity index (χ1v) is 7.63.